The maximum Gasteiger partial charge on any atom is 0.243 e. The third-order valence-electron chi connectivity index (χ3n) is 4.84. The summed E-state index contributed by atoms with van der Waals surface area (Å²) >= 11 is 1.85. The Kier molecular flexibility index (Phi) is 6.60. The Labute approximate surface area is 160 Å². The Morgan fingerprint density at radius 1 is 1.31 bits per heavy atom. The van der Waals surface area contributed by atoms with Crippen LogP contribution in [-0.4, -0.2) is 55.8 Å². The molecule has 2 N–H and O–H groups in total. The Morgan fingerprint density at radius 2 is 2.08 bits per heavy atom. The van der Waals surface area contributed by atoms with Gasteiger partial charge in [0.1, 0.15) is 0 Å². The van der Waals surface area contributed by atoms with Crippen molar-refractivity contribution in [3.8, 4) is 0 Å². The van der Waals surface area contributed by atoms with Gasteiger partial charge in [0, 0.05) is 49.3 Å². The van der Waals surface area contributed by atoms with Gasteiger partial charge in [0.05, 0.1) is 4.90 Å². The smallest absolute Gasteiger partial charge is 0.243 e. The lowest BCUT2D eigenvalue weighted by atomic mass is 10.2. The van der Waals surface area contributed by atoms with Crippen LogP contribution in [-0.2, 0) is 14.8 Å². The van der Waals surface area contributed by atoms with E-state index in [9.17, 15) is 13.2 Å². The molecule has 0 aliphatic carbocycles. The number of piperidine rings is 1. The minimum atomic E-state index is -3.51. The third-order valence-corrected chi connectivity index (χ3v) is 8.01. The predicted molar refractivity (Wildman–Crippen MR) is 106 cm³/mol. The van der Waals surface area contributed by atoms with Crippen molar-refractivity contribution in [2.75, 3.05) is 36.5 Å². The summed E-state index contributed by atoms with van der Waals surface area (Å²) in [7, 11) is -3.51. The molecule has 0 spiro atoms. The molecule has 0 bridgehead atoms. The molecule has 1 amide bonds. The van der Waals surface area contributed by atoms with E-state index in [1.807, 2.05) is 11.8 Å². The maximum atomic E-state index is 13.0. The quantitative estimate of drug-likeness (QED) is 0.796. The number of sulfonamides is 1. The zero-order valence-corrected chi connectivity index (χ0v) is 16.8. The first-order valence-corrected chi connectivity index (χ1v) is 11.8. The van der Waals surface area contributed by atoms with Crippen LogP contribution in [0.1, 0.15) is 31.2 Å². The van der Waals surface area contributed by atoms with E-state index in [1.54, 1.807) is 29.4 Å². The van der Waals surface area contributed by atoms with Gasteiger partial charge in [0.15, 0.2) is 0 Å². The molecule has 1 aromatic carbocycles. The lowest BCUT2D eigenvalue weighted by Crippen LogP contribution is -2.40. The first-order chi connectivity index (χ1) is 12.5. The highest BCUT2D eigenvalue weighted by molar-refractivity contribution is 7.99. The molecule has 2 aliphatic rings. The summed E-state index contributed by atoms with van der Waals surface area (Å²) in [4.78, 5) is 12.6. The van der Waals surface area contributed by atoms with Crippen LogP contribution in [0.15, 0.2) is 23.1 Å². The second kappa shape index (κ2) is 8.73. The van der Waals surface area contributed by atoms with Gasteiger partial charge in [-0.1, -0.05) is 12.5 Å². The molecule has 2 fully saturated rings. The van der Waals surface area contributed by atoms with Crippen molar-refractivity contribution in [1.29, 1.82) is 0 Å². The number of benzene rings is 1. The fourth-order valence-corrected chi connectivity index (χ4v) is 6.10. The summed E-state index contributed by atoms with van der Waals surface area (Å²) in [6.45, 7) is 3.86. The Morgan fingerprint density at radius 3 is 2.77 bits per heavy atom. The number of carbonyl (C=O) groups is 1. The van der Waals surface area contributed by atoms with Gasteiger partial charge in [-0.25, -0.2) is 8.42 Å². The first-order valence-electron chi connectivity index (χ1n) is 9.18. The molecule has 8 heteroatoms. The number of aryl methyl sites for hydroxylation is 1. The number of rotatable bonds is 5. The van der Waals surface area contributed by atoms with E-state index < -0.39 is 10.0 Å². The van der Waals surface area contributed by atoms with E-state index in [0.717, 1.165) is 37.3 Å². The molecule has 1 unspecified atom stereocenters. The average molecular weight is 398 g/mol. The number of amides is 1. The average Bonchev–Trinajstić information content (AvgIpc) is 2.64. The molecule has 6 nitrogen and oxygen atoms in total. The molecule has 144 valence electrons. The Bertz CT molecular complexity index is 740. The van der Waals surface area contributed by atoms with Gasteiger partial charge < -0.3 is 10.6 Å². The molecular formula is C18H27N3O3S2. The van der Waals surface area contributed by atoms with Crippen LogP contribution in [0.2, 0.25) is 0 Å². The number of hydrogen-bond donors (Lipinski definition) is 2. The molecule has 1 atom stereocenters. The van der Waals surface area contributed by atoms with Crippen LogP contribution in [0.4, 0.5) is 5.69 Å². The number of carbonyl (C=O) groups excluding carboxylic acids is 1. The largest absolute Gasteiger partial charge is 0.326 e. The van der Waals surface area contributed by atoms with E-state index in [1.165, 1.54) is 0 Å². The van der Waals surface area contributed by atoms with Crippen molar-refractivity contribution in [3.63, 3.8) is 0 Å². The summed E-state index contributed by atoms with van der Waals surface area (Å²) in [6.07, 6.45) is 3.28. The molecule has 2 heterocycles. The molecule has 26 heavy (non-hydrogen) atoms. The first kappa shape index (κ1) is 19.7. The lowest BCUT2D eigenvalue weighted by molar-refractivity contribution is -0.116. The van der Waals surface area contributed by atoms with E-state index in [2.05, 4.69) is 10.6 Å². The van der Waals surface area contributed by atoms with Gasteiger partial charge in [-0.15, -0.1) is 0 Å². The zero-order valence-electron chi connectivity index (χ0n) is 15.2. The Hall–Kier alpha value is -1.09. The number of hydrogen-bond acceptors (Lipinski definition) is 5. The topological polar surface area (TPSA) is 78.5 Å². The van der Waals surface area contributed by atoms with Gasteiger partial charge in [-0.3, -0.25) is 4.79 Å². The summed E-state index contributed by atoms with van der Waals surface area (Å²) in [5, 5.41) is 6.20. The standard InChI is InChI=1S/C18H27N3O3S2/c1-14-5-6-15(20-18(22)12-16-13-25-10-7-19-16)11-17(14)26(23,24)21-8-3-2-4-9-21/h5-6,11,16,19H,2-4,7-10,12-13H2,1H3,(H,20,22). The van der Waals surface area contributed by atoms with Gasteiger partial charge in [0.25, 0.3) is 0 Å². The Balaban J connectivity index is 1.71. The van der Waals surface area contributed by atoms with E-state index in [-0.39, 0.29) is 11.9 Å². The van der Waals surface area contributed by atoms with Gasteiger partial charge >= 0.3 is 0 Å². The second-order valence-corrected chi connectivity index (χ2v) is 9.98. The number of thioether (sulfide) groups is 1. The SMILES string of the molecule is Cc1ccc(NC(=O)CC2CSCCN2)cc1S(=O)(=O)N1CCCCC1. The van der Waals surface area contributed by atoms with E-state index in [0.29, 0.717) is 35.7 Å². The summed E-state index contributed by atoms with van der Waals surface area (Å²) in [5.74, 6) is 1.92. The fraction of sp³-hybridized carbons (Fsp3) is 0.611. The predicted octanol–water partition coefficient (Wildman–Crippen LogP) is 2.20. The van der Waals surface area contributed by atoms with E-state index >= 15 is 0 Å². The summed E-state index contributed by atoms with van der Waals surface area (Å²) in [5.41, 5.74) is 1.25. The van der Waals surface area contributed by atoms with Crippen molar-refractivity contribution in [2.24, 2.45) is 0 Å². The number of nitrogens with one attached hydrogen (secondary N) is 2. The van der Waals surface area contributed by atoms with Crippen LogP contribution < -0.4 is 10.6 Å². The zero-order chi connectivity index (χ0) is 18.6. The van der Waals surface area contributed by atoms with Crippen molar-refractivity contribution < 1.29 is 13.2 Å². The molecule has 1 aromatic rings. The monoisotopic (exact) mass is 397 g/mol. The molecule has 0 aromatic heterocycles. The molecule has 0 saturated carbocycles. The maximum absolute atomic E-state index is 13.0. The highest BCUT2D eigenvalue weighted by Crippen LogP contribution is 2.26. The van der Waals surface area contributed by atoms with Crippen LogP contribution in [0, 0.1) is 6.92 Å². The minimum Gasteiger partial charge on any atom is -0.326 e. The third kappa shape index (κ3) is 4.79. The normalized spacial score (nSPS) is 22.1. The summed E-state index contributed by atoms with van der Waals surface area (Å²) in [6, 6.07) is 5.31. The van der Waals surface area contributed by atoms with Crippen LogP contribution in [0.3, 0.4) is 0 Å². The molecular weight excluding hydrogens is 370 g/mol. The minimum absolute atomic E-state index is 0.0878. The van der Waals surface area contributed by atoms with Crippen molar-refractivity contribution >= 4 is 33.4 Å². The number of anilines is 1. The van der Waals surface area contributed by atoms with Crippen molar-refractivity contribution in [2.45, 2.75) is 43.5 Å². The molecule has 3 rings (SSSR count). The molecule has 2 aliphatic heterocycles. The van der Waals surface area contributed by atoms with Crippen molar-refractivity contribution in [3.05, 3.63) is 23.8 Å². The van der Waals surface area contributed by atoms with Gasteiger partial charge in [0.2, 0.25) is 15.9 Å². The molecule has 0 radical (unpaired) electrons. The van der Waals surface area contributed by atoms with Crippen LogP contribution >= 0.6 is 11.8 Å². The van der Waals surface area contributed by atoms with E-state index in [4.69, 9.17) is 0 Å². The fourth-order valence-electron chi connectivity index (χ4n) is 3.39. The van der Waals surface area contributed by atoms with Crippen molar-refractivity contribution in [1.82, 2.24) is 9.62 Å². The van der Waals surface area contributed by atoms with Gasteiger partial charge in [-0.05, 0) is 37.5 Å². The summed E-state index contributed by atoms with van der Waals surface area (Å²) < 4.78 is 27.5. The molecule has 2 saturated heterocycles. The number of nitrogens with zero attached hydrogens (tertiary/aromatic N) is 1. The lowest BCUT2D eigenvalue weighted by Gasteiger charge is -2.27. The van der Waals surface area contributed by atoms with Gasteiger partial charge in [-0.2, -0.15) is 16.1 Å². The second-order valence-electron chi connectivity index (χ2n) is 6.92. The van der Waals surface area contributed by atoms with Crippen LogP contribution in [0.25, 0.3) is 0 Å². The highest BCUT2D eigenvalue weighted by atomic mass is 32.2. The highest BCUT2D eigenvalue weighted by Gasteiger charge is 2.27. The van der Waals surface area contributed by atoms with Crippen LogP contribution in [0.5, 0.6) is 0 Å².